The highest BCUT2D eigenvalue weighted by molar-refractivity contribution is 6.30. The van der Waals surface area contributed by atoms with Gasteiger partial charge in [0, 0.05) is 22.6 Å². The van der Waals surface area contributed by atoms with E-state index in [-0.39, 0.29) is 17.7 Å². The van der Waals surface area contributed by atoms with Gasteiger partial charge in [-0.15, -0.1) is 0 Å². The maximum atomic E-state index is 12.4. The number of carboxylic acid groups (broad SMARTS) is 1. The molecule has 1 aromatic rings. The summed E-state index contributed by atoms with van der Waals surface area (Å²) in [4.78, 5) is 23.6. The maximum absolute atomic E-state index is 12.4. The van der Waals surface area contributed by atoms with E-state index >= 15 is 0 Å². The third-order valence-electron chi connectivity index (χ3n) is 4.13. The van der Waals surface area contributed by atoms with Crippen molar-refractivity contribution in [2.75, 3.05) is 5.32 Å². The fraction of sp³-hybridized carbons (Fsp3) is 0.333. The number of amides is 1. The number of rotatable bonds is 3. The molecule has 0 heterocycles. The molecule has 1 fully saturated rings. The smallest absolute Gasteiger partial charge is 0.228 e. The Hall–Kier alpha value is -1.81. The quantitative estimate of drug-likeness (QED) is 0.857. The Morgan fingerprint density at radius 2 is 1.90 bits per heavy atom. The first-order valence-electron chi connectivity index (χ1n) is 6.52. The predicted octanol–water partition coefficient (Wildman–Crippen LogP) is 1.47. The number of allylic oxidation sites excluding steroid dienone is 2. The molecule has 0 radical (unpaired) electrons. The Morgan fingerprint density at radius 3 is 2.55 bits per heavy atom. The number of hydrogen-bond donors (Lipinski definition) is 1. The van der Waals surface area contributed by atoms with E-state index in [4.69, 9.17) is 11.6 Å². The predicted molar refractivity (Wildman–Crippen MR) is 72.8 cm³/mol. The molecule has 1 amide bonds. The number of carbonyl (C=O) groups excluding carboxylic acids is 2. The molecule has 3 rings (SSSR count). The summed E-state index contributed by atoms with van der Waals surface area (Å²) in [5.74, 6) is -2.81. The number of benzene rings is 1. The van der Waals surface area contributed by atoms with Gasteiger partial charge < -0.3 is 15.2 Å². The van der Waals surface area contributed by atoms with Crippen LogP contribution in [0.25, 0.3) is 0 Å². The summed E-state index contributed by atoms with van der Waals surface area (Å²) in [6.07, 6.45) is 4.53. The van der Waals surface area contributed by atoms with Gasteiger partial charge in [-0.2, -0.15) is 0 Å². The van der Waals surface area contributed by atoms with Crippen LogP contribution in [0.2, 0.25) is 5.02 Å². The van der Waals surface area contributed by atoms with E-state index in [1.54, 1.807) is 24.3 Å². The van der Waals surface area contributed by atoms with Crippen LogP contribution in [0.15, 0.2) is 36.4 Å². The van der Waals surface area contributed by atoms with Gasteiger partial charge in [-0.25, -0.2) is 0 Å². The van der Waals surface area contributed by atoms with Crippen molar-refractivity contribution in [1.29, 1.82) is 0 Å². The molecule has 2 aliphatic rings. The highest BCUT2D eigenvalue weighted by Crippen LogP contribution is 2.48. The van der Waals surface area contributed by atoms with Gasteiger partial charge in [-0.1, -0.05) is 29.8 Å². The summed E-state index contributed by atoms with van der Waals surface area (Å²) in [6.45, 7) is 0. The van der Waals surface area contributed by atoms with E-state index in [1.807, 2.05) is 12.2 Å². The number of aliphatic carboxylic acids is 1. The minimum absolute atomic E-state index is 0.0120. The van der Waals surface area contributed by atoms with Gasteiger partial charge in [-0.3, -0.25) is 4.79 Å². The number of carboxylic acids is 1. The third kappa shape index (κ3) is 2.20. The minimum Gasteiger partial charge on any atom is -0.550 e. The standard InChI is InChI=1S/C15H14ClNO3/c16-10-2-1-3-11(7-10)17-14(18)12-8-4-5-9(6-8)13(12)15(19)20/h1-5,7-9,12-13H,6H2,(H,17,18)(H,19,20)/p-1/t8-,9+,12-,13+/m0/s1. The minimum atomic E-state index is -1.15. The molecule has 2 aliphatic carbocycles. The van der Waals surface area contributed by atoms with Crippen LogP contribution >= 0.6 is 11.6 Å². The van der Waals surface area contributed by atoms with Crippen LogP contribution in [0.1, 0.15) is 6.42 Å². The highest BCUT2D eigenvalue weighted by Gasteiger charge is 2.48. The van der Waals surface area contributed by atoms with E-state index < -0.39 is 17.8 Å². The Bertz CT molecular complexity index is 599. The fourth-order valence-electron chi connectivity index (χ4n) is 3.29. The highest BCUT2D eigenvalue weighted by atomic mass is 35.5. The molecule has 4 nitrogen and oxygen atoms in total. The molecule has 20 heavy (non-hydrogen) atoms. The lowest BCUT2D eigenvalue weighted by molar-refractivity contribution is -0.313. The molecule has 104 valence electrons. The largest absolute Gasteiger partial charge is 0.550 e. The Labute approximate surface area is 121 Å². The topological polar surface area (TPSA) is 69.2 Å². The average Bonchev–Trinajstić information content (AvgIpc) is 2.98. The summed E-state index contributed by atoms with van der Waals surface area (Å²) in [6, 6.07) is 6.80. The molecule has 0 spiro atoms. The lowest BCUT2D eigenvalue weighted by Crippen LogP contribution is -2.42. The summed E-state index contributed by atoms with van der Waals surface area (Å²) < 4.78 is 0. The van der Waals surface area contributed by atoms with Gasteiger partial charge in [0.2, 0.25) is 5.91 Å². The van der Waals surface area contributed by atoms with Crippen molar-refractivity contribution < 1.29 is 14.7 Å². The Morgan fingerprint density at radius 1 is 1.20 bits per heavy atom. The fourth-order valence-corrected chi connectivity index (χ4v) is 3.48. The van der Waals surface area contributed by atoms with Crippen LogP contribution in [0.3, 0.4) is 0 Å². The first-order valence-corrected chi connectivity index (χ1v) is 6.89. The molecule has 0 aliphatic heterocycles. The van der Waals surface area contributed by atoms with Crippen LogP contribution in [-0.4, -0.2) is 11.9 Å². The summed E-state index contributed by atoms with van der Waals surface area (Å²) in [7, 11) is 0. The maximum Gasteiger partial charge on any atom is 0.228 e. The van der Waals surface area contributed by atoms with Crippen molar-refractivity contribution in [1.82, 2.24) is 0 Å². The number of fused-ring (bicyclic) bond motifs is 2. The third-order valence-corrected chi connectivity index (χ3v) is 4.36. The first-order chi connectivity index (χ1) is 9.56. The zero-order valence-electron chi connectivity index (χ0n) is 10.6. The van der Waals surface area contributed by atoms with Crippen molar-refractivity contribution in [2.24, 2.45) is 23.7 Å². The van der Waals surface area contributed by atoms with Crippen molar-refractivity contribution in [2.45, 2.75) is 6.42 Å². The van der Waals surface area contributed by atoms with Crippen LogP contribution in [0.5, 0.6) is 0 Å². The molecular formula is C15H13ClNO3-. The van der Waals surface area contributed by atoms with E-state index in [0.717, 1.165) is 0 Å². The van der Waals surface area contributed by atoms with Crippen LogP contribution < -0.4 is 10.4 Å². The molecular weight excluding hydrogens is 278 g/mol. The van der Waals surface area contributed by atoms with E-state index in [1.165, 1.54) is 0 Å². The molecule has 0 unspecified atom stereocenters. The van der Waals surface area contributed by atoms with Crippen LogP contribution in [-0.2, 0) is 9.59 Å². The van der Waals surface area contributed by atoms with E-state index in [0.29, 0.717) is 17.1 Å². The zero-order chi connectivity index (χ0) is 14.3. The van der Waals surface area contributed by atoms with Crippen LogP contribution in [0, 0.1) is 23.7 Å². The average molecular weight is 291 g/mol. The van der Waals surface area contributed by atoms with Crippen molar-refractivity contribution in [3.8, 4) is 0 Å². The number of halogens is 1. The molecule has 5 heteroatoms. The lowest BCUT2D eigenvalue weighted by atomic mass is 9.82. The SMILES string of the molecule is O=C(Nc1cccc(Cl)c1)[C@@H]1[C@H](C(=O)[O-])[C@@H]2C=C[C@H]1C2. The molecule has 1 saturated carbocycles. The van der Waals surface area contributed by atoms with Gasteiger partial charge >= 0.3 is 0 Å². The number of nitrogens with one attached hydrogen (secondary N) is 1. The molecule has 1 N–H and O–H groups in total. The van der Waals surface area contributed by atoms with Gasteiger partial charge in [0.05, 0.1) is 5.92 Å². The van der Waals surface area contributed by atoms with Gasteiger partial charge in [-0.05, 0) is 36.5 Å². The number of anilines is 1. The van der Waals surface area contributed by atoms with Crippen molar-refractivity contribution in [3.63, 3.8) is 0 Å². The normalized spacial score (nSPS) is 30.4. The molecule has 1 aromatic carbocycles. The zero-order valence-corrected chi connectivity index (χ0v) is 11.3. The molecule has 0 saturated heterocycles. The van der Waals surface area contributed by atoms with Crippen molar-refractivity contribution in [3.05, 3.63) is 41.4 Å². The van der Waals surface area contributed by atoms with E-state index in [2.05, 4.69) is 5.32 Å². The lowest BCUT2D eigenvalue weighted by Gasteiger charge is -2.27. The molecule has 2 bridgehead atoms. The van der Waals surface area contributed by atoms with Gasteiger partial charge in [0.15, 0.2) is 0 Å². The number of carbonyl (C=O) groups is 2. The second-order valence-corrected chi connectivity index (χ2v) is 5.75. The summed E-state index contributed by atoms with van der Waals surface area (Å²) in [5.41, 5.74) is 0.575. The summed E-state index contributed by atoms with van der Waals surface area (Å²) in [5, 5.41) is 14.5. The van der Waals surface area contributed by atoms with Crippen molar-refractivity contribution >= 4 is 29.2 Å². The van der Waals surface area contributed by atoms with E-state index in [9.17, 15) is 14.7 Å². The van der Waals surface area contributed by atoms with Gasteiger partial charge in [0.25, 0.3) is 0 Å². The molecule has 4 atom stereocenters. The summed E-state index contributed by atoms with van der Waals surface area (Å²) >= 11 is 5.86. The monoisotopic (exact) mass is 290 g/mol. The van der Waals surface area contributed by atoms with Crippen LogP contribution in [0.4, 0.5) is 5.69 Å². The Balaban J connectivity index is 1.80. The second-order valence-electron chi connectivity index (χ2n) is 5.32. The van der Waals surface area contributed by atoms with Gasteiger partial charge in [0.1, 0.15) is 0 Å². The molecule has 0 aromatic heterocycles. The first kappa shape index (κ1) is 13.2. The second kappa shape index (κ2) is 4.94. The number of hydrogen-bond acceptors (Lipinski definition) is 3. The Kier molecular flexibility index (Phi) is 3.26.